The monoisotopic (exact) mass is 1020 g/mol. The number of hydrogen-bond donors (Lipinski definition) is 0. The summed E-state index contributed by atoms with van der Waals surface area (Å²) in [5.74, 6) is 0. The third-order valence-corrected chi connectivity index (χ3v) is 17.1. The van der Waals surface area contributed by atoms with E-state index in [0.29, 0.717) is 0 Å². The normalized spacial score (nSPS) is 13.1. The fourth-order valence-corrected chi connectivity index (χ4v) is 13.3. The van der Waals surface area contributed by atoms with Crippen molar-refractivity contribution in [3.05, 3.63) is 341 Å². The third-order valence-electron chi connectivity index (χ3n) is 17.1. The van der Waals surface area contributed by atoms with E-state index in [1.54, 1.807) is 0 Å². The summed E-state index contributed by atoms with van der Waals surface area (Å²) in [7, 11) is 0. The average Bonchev–Trinajstić information content (AvgIpc) is 3.49. The number of rotatable bonds is 10. The predicted octanol–water partition coefficient (Wildman–Crippen LogP) is 17.1. The van der Waals surface area contributed by atoms with Gasteiger partial charge >= 0.3 is 0 Å². The minimum Gasteiger partial charge on any atom is -0.311 e. The van der Waals surface area contributed by atoms with E-state index in [2.05, 4.69) is 336 Å². The van der Waals surface area contributed by atoms with Gasteiger partial charge in [-0.3, -0.25) is 0 Å². The fraction of sp³-hybridized carbons (Fsp3) is 0.132. The molecule has 2 aliphatic heterocycles. The van der Waals surface area contributed by atoms with E-state index in [1.807, 2.05) is 0 Å². The minimum atomic E-state index is -0.562. The molecule has 2 nitrogen and oxygen atoms in total. The zero-order chi connectivity index (χ0) is 53.9. The quantitative estimate of drug-likeness (QED) is 0.0995. The molecule has 0 bridgehead atoms. The summed E-state index contributed by atoms with van der Waals surface area (Å²) >= 11 is 0. The smallest absolute Gasteiger partial charge is 0.252 e. The largest absolute Gasteiger partial charge is 0.311 e. The topological polar surface area (TPSA) is 6.48 Å². The SMILES string of the molecule is CC(C)(C)c1ccc2c(c1)N(c1ccc(C(c3ccccc3)(c3ccccc3)c3ccccc3)cc1)c1cccc3c1B2c1ccc(C(C)(C)C)cc1N3c1ccc(C(c2ccccc2)(c2ccccc2)c2ccccc2)cc1. The van der Waals surface area contributed by atoms with Gasteiger partial charge in [0.1, 0.15) is 0 Å². The van der Waals surface area contributed by atoms with Crippen molar-refractivity contribution in [3.63, 3.8) is 0 Å². The second-order valence-corrected chi connectivity index (χ2v) is 23.7. The van der Waals surface area contributed by atoms with Crippen molar-refractivity contribution in [1.29, 1.82) is 0 Å². The van der Waals surface area contributed by atoms with Crippen LogP contribution in [0.3, 0.4) is 0 Å². The molecule has 0 fully saturated rings. The minimum absolute atomic E-state index is 0.00549. The van der Waals surface area contributed by atoms with Crippen molar-refractivity contribution >= 4 is 57.2 Å². The van der Waals surface area contributed by atoms with Gasteiger partial charge in [0.15, 0.2) is 0 Å². The first-order valence-electron chi connectivity index (χ1n) is 28.0. The van der Waals surface area contributed by atoms with E-state index in [9.17, 15) is 0 Å². The van der Waals surface area contributed by atoms with Gasteiger partial charge in [0.25, 0.3) is 6.71 Å². The Morgan fingerprint density at radius 2 is 0.494 bits per heavy atom. The lowest BCUT2D eigenvalue weighted by molar-refractivity contribution is 0.590. The summed E-state index contributed by atoms with van der Waals surface area (Å²) in [6.07, 6.45) is 0. The number of fused-ring (bicyclic) bond motifs is 4. The van der Waals surface area contributed by atoms with Gasteiger partial charge in [-0.2, -0.15) is 0 Å². The van der Waals surface area contributed by atoms with Crippen LogP contribution in [-0.4, -0.2) is 6.71 Å². The van der Waals surface area contributed by atoms with Crippen LogP contribution in [0.2, 0.25) is 0 Å². The molecule has 0 aliphatic carbocycles. The van der Waals surface area contributed by atoms with Gasteiger partial charge in [-0.1, -0.05) is 278 Å². The maximum atomic E-state index is 2.56. The molecule has 382 valence electrons. The summed E-state index contributed by atoms with van der Waals surface area (Å²) in [6, 6.07) is 107. The van der Waals surface area contributed by atoms with Gasteiger partial charge in [-0.25, -0.2) is 0 Å². The number of anilines is 6. The second kappa shape index (κ2) is 19.5. The third kappa shape index (κ3) is 8.17. The molecule has 0 unspecified atom stereocenters. The Morgan fingerprint density at radius 1 is 0.241 bits per heavy atom. The molecule has 2 heterocycles. The van der Waals surface area contributed by atoms with E-state index < -0.39 is 10.8 Å². The molecule has 0 amide bonds. The lowest BCUT2D eigenvalue weighted by atomic mass is 9.33. The first-order chi connectivity index (χ1) is 38.5. The van der Waals surface area contributed by atoms with Crippen LogP contribution in [0.4, 0.5) is 34.1 Å². The zero-order valence-electron chi connectivity index (χ0n) is 46.1. The molecular weight excluding hydrogens is 952 g/mol. The highest BCUT2D eigenvalue weighted by molar-refractivity contribution is 7.00. The van der Waals surface area contributed by atoms with E-state index in [-0.39, 0.29) is 17.5 Å². The van der Waals surface area contributed by atoms with Crippen LogP contribution in [0.15, 0.2) is 285 Å². The number of benzene rings is 11. The Labute approximate surface area is 468 Å². The van der Waals surface area contributed by atoms with Crippen LogP contribution in [0.5, 0.6) is 0 Å². The predicted molar refractivity (Wildman–Crippen MR) is 334 cm³/mol. The Hall–Kier alpha value is -8.92. The van der Waals surface area contributed by atoms with Crippen molar-refractivity contribution in [2.45, 2.75) is 63.2 Å². The highest BCUT2D eigenvalue weighted by atomic mass is 15.2. The molecule has 0 N–H and O–H groups in total. The Balaban J connectivity index is 1.02. The highest BCUT2D eigenvalue weighted by Gasteiger charge is 2.45. The molecule has 0 atom stereocenters. The molecule has 11 aromatic rings. The number of nitrogens with zero attached hydrogens (tertiary/aromatic N) is 2. The van der Waals surface area contributed by atoms with Crippen LogP contribution in [-0.2, 0) is 21.7 Å². The van der Waals surface area contributed by atoms with Crippen LogP contribution < -0.4 is 26.2 Å². The highest BCUT2D eigenvalue weighted by Crippen LogP contribution is 2.50. The molecule has 11 aromatic carbocycles. The molecule has 0 saturated carbocycles. The molecule has 2 aliphatic rings. The van der Waals surface area contributed by atoms with Gasteiger partial charge < -0.3 is 9.80 Å². The van der Waals surface area contributed by atoms with Crippen LogP contribution in [0.25, 0.3) is 0 Å². The van der Waals surface area contributed by atoms with E-state index in [4.69, 9.17) is 0 Å². The van der Waals surface area contributed by atoms with Gasteiger partial charge in [-0.15, -0.1) is 0 Å². The van der Waals surface area contributed by atoms with E-state index in [0.717, 1.165) is 11.4 Å². The standard InChI is InChI=1S/C76H65BN2/c1-73(2,3)62-44-50-66-70(52-62)78(64-46-40-60(41-47-64)75(54-26-13-7-14-27-54,55-28-15-8-16-29-55)56-30-17-9-18-31-56)68-38-25-39-69-72(68)77(66)67-51-45-63(74(4,5)6)53-71(67)79(69)65-48-42-61(43-49-65)76(57-32-19-10-20-33-57,58-34-21-11-22-35-58)59-36-23-12-24-37-59/h7-53H,1-6H3. The molecule has 79 heavy (non-hydrogen) atoms. The summed E-state index contributed by atoms with van der Waals surface area (Å²) in [5.41, 5.74) is 22.1. The Morgan fingerprint density at radius 3 is 0.759 bits per heavy atom. The molecule has 0 radical (unpaired) electrons. The summed E-state index contributed by atoms with van der Waals surface area (Å²) in [6.45, 7) is 14.0. The molecule has 0 aromatic heterocycles. The summed E-state index contributed by atoms with van der Waals surface area (Å²) in [4.78, 5) is 5.12. The summed E-state index contributed by atoms with van der Waals surface area (Å²) < 4.78 is 0. The maximum absolute atomic E-state index is 2.56. The van der Waals surface area contributed by atoms with Gasteiger partial charge in [0.2, 0.25) is 0 Å². The Bertz CT molecular complexity index is 3490. The lowest BCUT2D eigenvalue weighted by Gasteiger charge is -2.45. The van der Waals surface area contributed by atoms with Crippen molar-refractivity contribution in [1.82, 2.24) is 0 Å². The van der Waals surface area contributed by atoms with Crippen molar-refractivity contribution in [3.8, 4) is 0 Å². The maximum Gasteiger partial charge on any atom is 0.252 e. The Kier molecular flexibility index (Phi) is 12.3. The van der Waals surface area contributed by atoms with Crippen LogP contribution in [0.1, 0.15) is 97.2 Å². The molecule has 3 heteroatoms. The van der Waals surface area contributed by atoms with Crippen LogP contribution >= 0.6 is 0 Å². The van der Waals surface area contributed by atoms with Gasteiger partial charge in [-0.05, 0) is 131 Å². The fourth-order valence-electron chi connectivity index (χ4n) is 13.3. The lowest BCUT2D eigenvalue weighted by Crippen LogP contribution is -2.61. The van der Waals surface area contributed by atoms with Crippen LogP contribution in [0, 0.1) is 0 Å². The first kappa shape index (κ1) is 49.6. The van der Waals surface area contributed by atoms with Gasteiger partial charge in [0.05, 0.1) is 10.8 Å². The number of hydrogen-bond acceptors (Lipinski definition) is 2. The second-order valence-electron chi connectivity index (χ2n) is 23.7. The zero-order valence-corrected chi connectivity index (χ0v) is 46.1. The molecule has 0 spiro atoms. The van der Waals surface area contributed by atoms with Crippen molar-refractivity contribution < 1.29 is 0 Å². The average molecular weight is 1020 g/mol. The van der Waals surface area contributed by atoms with Gasteiger partial charge in [0, 0.05) is 34.1 Å². The van der Waals surface area contributed by atoms with E-state index in [1.165, 1.54) is 94.8 Å². The van der Waals surface area contributed by atoms with Crippen molar-refractivity contribution in [2.75, 3.05) is 9.80 Å². The summed E-state index contributed by atoms with van der Waals surface area (Å²) in [5, 5.41) is 0. The van der Waals surface area contributed by atoms with Crippen molar-refractivity contribution in [2.24, 2.45) is 0 Å². The first-order valence-corrected chi connectivity index (χ1v) is 28.0. The molecular formula is C76H65BN2. The van der Waals surface area contributed by atoms with E-state index >= 15 is 0 Å². The molecule has 0 saturated heterocycles. The molecule has 13 rings (SSSR count).